The standard InChI is InChI=1S/C10H18N2O/c1-11-8-5-6-12-9(7-8)3-2-4-10(12)13/h8-9,11H,2-7H2,1H3. The van der Waals surface area contributed by atoms with Gasteiger partial charge in [-0.05, 0) is 32.7 Å². The van der Waals surface area contributed by atoms with Crippen LogP contribution in [0.1, 0.15) is 32.1 Å². The van der Waals surface area contributed by atoms with Gasteiger partial charge in [0.2, 0.25) is 5.91 Å². The number of rotatable bonds is 1. The Labute approximate surface area is 79.5 Å². The van der Waals surface area contributed by atoms with Gasteiger partial charge in [0.15, 0.2) is 0 Å². The summed E-state index contributed by atoms with van der Waals surface area (Å²) in [5.41, 5.74) is 0. The van der Waals surface area contributed by atoms with Crippen LogP contribution in [-0.2, 0) is 4.79 Å². The molecule has 0 radical (unpaired) electrons. The first kappa shape index (κ1) is 9.00. The van der Waals surface area contributed by atoms with E-state index in [0.717, 1.165) is 32.2 Å². The van der Waals surface area contributed by atoms with Crippen LogP contribution in [0.5, 0.6) is 0 Å². The Morgan fingerprint density at radius 2 is 2.31 bits per heavy atom. The van der Waals surface area contributed by atoms with Gasteiger partial charge in [-0.2, -0.15) is 0 Å². The zero-order valence-electron chi connectivity index (χ0n) is 8.25. The summed E-state index contributed by atoms with van der Waals surface area (Å²) in [7, 11) is 2.02. The minimum Gasteiger partial charge on any atom is -0.340 e. The van der Waals surface area contributed by atoms with Gasteiger partial charge in [-0.15, -0.1) is 0 Å². The molecule has 2 unspecified atom stereocenters. The Morgan fingerprint density at radius 1 is 1.46 bits per heavy atom. The molecule has 2 atom stereocenters. The molecule has 2 fully saturated rings. The van der Waals surface area contributed by atoms with Crippen LogP contribution in [0.2, 0.25) is 0 Å². The molecule has 13 heavy (non-hydrogen) atoms. The lowest BCUT2D eigenvalue weighted by atomic mass is 9.90. The highest BCUT2D eigenvalue weighted by atomic mass is 16.2. The number of hydrogen-bond acceptors (Lipinski definition) is 2. The topological polar surface area (TPSA) is 32.3 Å². The van der Waals surface area contributed by atoms with Crippen molar-refractivity contribution in [2.75, 3.05) is 13.6 Å². The van der Waals surface area contributed by atoms with Crippen molar-refractivity contribution in [2.24, 2.45) is 0 Å². The maximum absolute atomic E-state index is 11.5. The Hall–Kier alpha value is -0.570. The molecule has 3 nitrogen and oxygen atoms in total. The van der Waals surface area contributed by atoms with Crippen molar-refractivity contribution in [3.8, 4) is 0 Å². The molecule has 1 N–H and O–H groups in total. The number of carbonyl (C=O) groups is 1. The van der Waals surface area contributed by atoms with E-state index in [1.807, 2.05) is 7.05 Å². The second kappa shape index (κ2) is 3.66. The Balaban J connectivity index is 1.99. The third-order valence-corrected chi connectivity index (χ3v) is 3.37. The second-order valence-electron chi connectivity index (χ2n) is 4.14. The molecule has 2 aliphatic heterocycles. The highest BCUT2D eigenvalue weighted by Crippen LogP contribution is 2.26. The third-order valence-electron chi connectivity index (χ3n) is 3.37. The monoisotopic (exact) mass is 182 g/mol. The van der Waals surface area contributed by atoms with E-state index in [0.29, 0.717) is 18.0 Å². The fourth-order valence-electron chi connectivity index (χ4n) is 2.55. The highest BCUT2D eigenvalue weighted by Gasteiger charge is 2.33. The van der Waals surface area contributed by atoms with Gasteiger partial charge in [0.1, 0.15) is 0 Å². The first-order valence-electron chi connectivity index (χ1n) is 5.28. The molecular formula is C10H18N2O. The summed E-state index contributed by atoms with van der Waals surface area (Å²) in [4.78, 5) is 13.6. The molecule has 2 rings (SSSR count). The number of piperidine rings is 2. The van der Waals surface area contributed by atoms with E-state index in [9.17, 15) is 4.79 Å². The number of hydrogen-bond donors (Lipinski definition) is 1. The quantitative estimate of drug-likeness (QED) is 0.649. The number of amides is 1. The average Bonchev–Trinajstić information content (AvgIpc) is 2.18. The van der Waals surface area contributed by atoms with Gasteiger partial charge in [0.05, 0.1) is 0 Å². The molecule has 0 spiro atoms. The lowest BCUT2D eigenvalue weighted by Crippen LogP contribution is -2.52. The van der Waals surface area contributed by atoms with E-state index < -0.39 is 0 Å². The zero-order valence-corrected chi connectivity index (χ0v) is 8.25. The lowest BCUT2D eigenvalue weighted by Gasteiger charge is -2.42. The fraction of sp³-hybridized carbons (Fsp3) is 0.900. The normalized spacial score (nSPS) is 34.5. The number of fused-ring (bicyclic) bond motifs is 1. The first-order chi connectivity index (χ1) is 6.31. The molecule has 2 saturated heterocycles. The largest absolute Gasteiger partial charge is 0.340 e. The minimum absolute atomic E-state index is 0.380. The van der Waals surface area contributed by atoms with Crippen LogP contribution in [0, 0.1) is 0 Å². The van der Waals surface area contributed by atoms with Crippen LogP contribution in [0.4, 0.5) is 0 Å². The Kier molecular flexibility index (Phi) is 2.54. The van der Waals surface area contributed by atoms with Gasteiger partial charge in [-0.25, -0.2) is 0 Å². The van der Waals surface area contributed by atoms with Gasteiger partial charge in [-0.1, -0.05) is 0 Å². The summed E-state index contributed by atoms with van der Waals surface area (Å²) >= 11 is 0. The number of nitrogens with zero attached hydrogens (tertiary/aromatic N) is 1. The highest BCUT2D eigenvalue weighted by molar-refractivity contribution is 5.77. The molecule has 0 bridgehead atoms. The predicted octanol–water partition coefficient (Wildman–Crippen LogP) is 0.749. The molecule has 1 amide bonds. The first-order valence-corrected chi connectivity index (χ1v) is 5.28. The lowest BCUT2D eigenvalue weighted by molar-refractivity contribution is -0.138. The molecule has 0 aromatic rings. The molecule has 0 aromatic heterocycles. The molecular weight excluding hydrogens is 164 g/mol. The molecule has 3 heteroatoms. The maximum Gasteiger partial charge on any atom is 0.222 e. The van der Waals surface area contributed by atoms with E-state index in [4.69, 9.17) is 0 Å². The van der Waals surface area contributed by atoms with Gasteiger partial charge >= 0.3 is 0 Å². The summed E-state index contributed by atoms with van der Waals surface area (Å²) in [6.45, 7) is 0.967. The van der Waals surface area contributed by atoms with E-state index in [1.54, 1.807) is 0 Å². The fourth-order valence-corrected chi connectivity index (χ4v) is 2.55. The molecule has 0 saturated carbocycles. The number of nitrogens with one attached hydrogen (secondary N) is 1. The van der Waals surface area contributed by atoms with E-state index >= 15 is 0 Å². The van der Waals surface area contributed by atoms with Crippen LogP contribution in [0.3, 0.4) is 0 Å². The average molecular weight is 182 g/mol. The summed E-state index contributed by atoms with van der Waals surface area (Å²) in [6.07, 6.45) is 5.36. The third kappa shape index (κ3) is 1.70. The molecule has 2 heterocycles. The van der Waals surface area contributed by atoms with E-state index in [-0.39, 0.29) is 0 Å². The van der Waals surface area contributed by atoms with Gasteiger partial charge in [-0.3, -0.25) is 4.79 Å². The van der Waals surface area contributed by atoms with Crippen molar-refractivity contribution in [3.05, 3.63) is 0 Å². The van der Waals surface area contributed by atoms with Gasteiger partial charge in [0.25, 0.3) is 0 Å². The van der Waals surface area contributed by atoms with Crippen LogP contribution in [0.15, 0.2) is 0 Å². The van der Waals surface area contributed by atoms with Gasteiger partial charge < -0.3 is 10.2 Å². The Morgan fingerprint density at radius 3 is 3.08 bits per heavy atom. The second-order valence-corrected chi connectivity index (χ2v) is 4.14. The smallest absolute Gasteiger partial charge is 0.222 e. The van der Waals surface area contributed by atoms with Crippen molar-refractivity contribution >= 4 is 5.91 Å². The van der Waals surface area contributed by atoms with Crippen molar-refractivity contribution < 1.29 is 4.79 Å². The Bertz CT molecular complexity index is 205. The summed E-state index contributed by atoms with van der Waals surface area (Å²) < 4.78 is 0. The number of carbonyl (C=O) groups excluding carboxylic acids is 1. The maximum atomic E-state index is 11.5. The summed E-state index contributed by atoms with van der Waals surface area (Å²) in [5, 5.41) is 3.31. The minimum atomic E-state index is 0.380. The molecule has 2 aliphatic rings. The van der Waals surface area contributed by atoms with Gasteiger partial charge in [0, 0.05) is 25.0 Å². The van der Waals surface area contributed by atoms with Crippen molar-refractivity contribution in [2.45, 2.75) is 44.2 Å². The van der Waals surface area contributed by atoms with Crippen molar-refractivity contribution in [1.82, 2.24) is 10.2 Å². The van der Waals surface area contributed by atoms with E-state index in [1.165, 1.54) is 6.42 Å². The van der Waals surface area contributed by atoms with Crippen LogP contribution in [0.25, 0.3) is 0 Å². The van der Waals surface area contributed by atoms with E-state index in [2.05, 4.69) is 10.2 Å². The molecule has 74 valence electrons. The molecule has 0 aliphatic carbocycles. The van der Waals surface area contributed by atoms with Crippen LogP contribution >= 0.6 is 0 Å². The zero-order chi connectivity index (χ0) is 9.26. The van der Waals surface area contributed by atoms with Crippen molar-refractivity contribution in [1.29, 1.82) is 0 Å². The molecule has 0 aromatic carbocycles. The van der Waals surface area contributed by atoms with Crippen molar-refractivity contribution in [3.63, 3.8) is 0 Å². The predicted molar refractivity (Wildman–Crippen MR) is 51.4 cm³/mol. The summed E-state index contributed by atoms with van der Waals surface area (Å²) in [6, 6.07) is 1.17. The van der Waals surface area contributed by atoms with Crippen LogP contribution < -0.4 is 5.32 Å². The summed E-state index contributed by atoms with van der Waals surface area (Å²) in [5.74, 6) is 0.380. The SMILES string of the molecule is CNC1CCN2C(=O)CCCC2C1. The van der Waals surface area contributed by atoms with Crippen LogP contribution in [-0.4, -0.2) is 36.5 Å².